The molecular weight excluding hydrogens is 638 g/mol. The molecule has 0 bridgehead atoms. The first-order valence-electron chi connectivity index (χ1n) is 14.6. The molecular formula is C30H30F6N6O5. The first-order chi connectivity index (χ1) is 22.2. The highest BCUT2D eigenvalue weighted by molar-refractivity contribution is 5.90. The Kier molecular flexibility index (Phi) is 9.36. The average molecular weight is 669 g/mol. The van der Waals surface area contributed by atoms with Crippen LogP contribution in [0.3, 0.4) is 0 Å². The maximum atomic E-state index is 13.8. The van der Waals surface area contributed by atoms with Gasteiger partial charge in [-0.25, -0.2) is 24.5 Å². The summed E-state index contributed by atoms with van der Waals surface area (Å²) < 4.78 is 98.5. The molecule has 2 atom stereocenters. The second kappa shape index (κ2) is 13.1. The van der Waals surface area contributed by atoms with Gasteiger partial charge in [-0.15, -0.1) is 0 Å². The smallest absolute Gasteiger partial charge is 0.416 e. The quantitative estimate of drug-likeness (QED) is 0.240. The van der Waals surface area contributed by atoms with Crippen LogP contribution in [0, 0.1) is 0 Å². The lowest BCUT2D eigenvalue weighted by atomic mass is 9.92. The van der Waals surface area contributed by atoms with Gasteiger partial charge < -0.3 is 19.1 Å². The number of alkyl halides is 6. The lowest BCUT2D eigenvalue weighted by Gasteiger charge is -2.43. The summed E-state index contributed by atoms with van der Waals surface area (Å²) in [4.78, 5) is 42.7. The number of ether oxygens (including phenoxy) is 3. The number of rotatable bonds is 8. The second-order valence-electron chi connectivity index (χ2n) is 10.7. The molecule has 2 amide bonds. The summed E-state index contributed by atoms with van der Waals surface area (Å²) in [5, 5.41) is 0. The number of carbonyl (C=O) groups excluding carboxylic acids is 2. The van der Waals surface area contributed by atoms with Crippen LogP contribution in [0.15, 0.2) is 42.7 Å². The van der Waals surface area contributed by atoms with E-state index >= 15 is 0 Å². The molecule has 0 aliphatic carbocycles. The van der Waals surface area contributed by atoms with Crippen LogP contribution >= 0.6 is 0 Å². The summed E-state index contributed by atoms with van der Waals surface area (Å²) in [5.41, 5.74) is -2.45. The Morgan fingerprint density at radius 1 is 1.04 bits per heavy atom. The van der Waals surface area contributed by atoms with Crippen molar-refractivity contribution in [2.24, 2.45) is 0 Å². The molecule has 1 saturated heterocycles. The van der Waals surface area contributed by atoms with Crippen LogP contribution < -0.4 is 19.4 Å². The molecule has 1 aromatic carbocycles. The fourth-order valence-electron chi connectivity index (χ4n) is 5.61. The summed E-state index contributed by atoms with van der Waals surface area (Å²) in [6.45, 7) is 3.42. The Balaban J connectivity index is 1.67. The lowest BCUT2D eigenvalue weighted by molar-refractivity contribution is -0.143. The molecule has 0 radical (unpaired) electrons. The highest BCUT2D eigenvalue weighted by Crippen LogP contribution is 2.44. The molecule has 17 heteroatoms. The number of methoxy groups -OCH3 is 1. The number of carbonyl (C=O) groups is 2. The third-order valence-electron chi connectivity index (χ3n) is 7.79. The van der Waals surface area contributed by atoms with E-state index in [1.165, 1.54) is 40.3 Å². The van der Waals surface area contributed by atoms with E-state index in [0.717, 1.165) is 0 Å². The molecule has 5 rings (SSSR count). The van der Waals surface area contributed by atoms with E-state index in [0.29, 0.717) is 24.2 Å². The summed E-state index contributed by atoms with van der Waals surface area (Å²) >= 11 is 0. The molecule has 2 aromatic heterocycles. The van der Waals surface area contributed by atoms with Gasteiger partial charge in [0.25, 0.3) is 0 Å². The lowest BCUT2D eigenvalue weighted by Crippen LogP contribution is -2.48. The minimum atomic E-state index is -5.07. The molecule has 47 heavy (non-hydrogen) atoms. The molecule has 1 fully saturated rings. The summed E-state index contributed by atoms with van der Waals surface area (Å²) in [6, 6.07) is 3.05. The van der Waals surface area contributed by atoms with Crippen molar-refractivity contribution in [3.8, 4) is 5.88 Å². The molecule has 0 N–H and O–H groups in total. The van der Waals surface area contributed by atoms with Gasteiger partial charge in [-0.05, 0) is 49.6 Å². The van der Waals surface area contributed by atoms with Crippen LogP contribution in [0.2, 0.25) is 0 Å². The van der Waals surface area contributed by atoms with E-state index in [1.54, 1.807) is 13.0 Å². The fourth-order valence-corrected chi connectivity index (χ4v) is 5.61. The van der Waals surface area contributed by atoms with Gasteiger partial charge in [0.15, 0.2) is 0 Å². The third kappa shape index (κ3) is 6.97. The minimum absolute atomic E-state index is 0.0565. The van der Waals surface area contributed by atoms with Gasteiger partial charge in [0, 0.05) is 18.7 Å². The maximum absolute atomic E-state index is 13.8. The highest BCUT2D eigenvalue weighted by Gasteiger charge is 2.42. The number of pyridine rings is 1. The van der Waals surface area contributed by atoms with Crippen LogP contribution in [0.25, 0.3) is 0 Å². The predicted molar refractivity (Wildman–Crippen MR) is 155 cm³/mol. The van der Waals surface area contributed by atoms with Crippen molar-refractivity contribution in [2.75, 3.05) is 41.6 Å². The van der Waals surface area contributed by atoms with Crippen LogP contribution in [0.5, 0.6) is 5.88 Å². The maximum Gasteiger partial charge on any atom is 0.416 e. The van der Waals surface area contributed by atoms with Crippen molar-refractivity contribution < 1.29 is 50.1 Å². The van der Waals surface area contributed by atoms with Crippen molar-refractivity contribution in [1.29, 1.82) is 0 Å². The Labute approximate surface area is 265 Å². The monoisotopic (exact) mass is 668 g/mol. The first kappa shape index (κ1) is 33.5. The number of hydrogen-bond donors (Lipinski definition) is 0. The average Bonchev–Trinajstić information content (AvgIpc) is 3.47. The van der Waals surface area contributed by atoms with Crippen molar-refractivity contribution in [3.63, 3.8) is 0 Å². The number of fused-ring (bicyclic) bond motifs is 1. The van der Waals surface area contributed by atoms with Crippen molar-refractivity contribution >= 4 is 29.5 Å². The highest BCUT2D eigenvalue weighted by atomic mass is 19.4. The molecule has 4 heterocycles. The van der Waals surface area contributed by atoms with Gasteiger partial charge in [0.1, 0.15) is 6.61 Å². The van der Waals surface area contributed by atoms with Gasteiger partial charge in [0.05, 0.1) is 66.9 Å². The Morgan fingerprint density at radius 3 is 2.23 bits per heavy atom. The number of amides is 2. The topological polar surface area (TPSA) is 110 Å². The van der Waals surface area contributed by atoms with Crippen molar-refractivity contribution in [3.05, 3.63) is 65.1 Å². The fraction of sp³-hybridized carbons (Fsp3) is 0.433. The van der Waals surface area contributed by atoms with E-state index in [4.69, 9.17) is 14.2 Å². The van der Waals surface area contributed by atoms with Crippen molar-refractivity contribution in [1.82, 2.24) is 15.0 Å². The molecule has 2 aliphatic rings. The van der Waals surface area contributed by atoms with E-state index in [9.17, 15) is 35.9 Å². The molecule has 0 spiro atoms. The number of hydrogen-bond acceptors (Lipinski definition) is 9. The number of halogens is 6. The standard InChI is InChI=1S/C30H30F6N6O5/c1-4-20-13-23(25-22(6-7-24(39-25)45-3)42(20)28(44)46-5-2)41(26-37-14-21(15-38-26)40-8-9-47-27(40)43)16-17-10-18(29(31,32)33)12-19(11-17)30(34,35)36/h6-7,10-12,14-15,20,23H,4-5,8-9,13,16H2,1-3H3. The van der Waals surface area contributed by atoms with Gasteiger partial charge >= 0.3 is 24.5 Å². The second-order valence-corrected chi connectivity index (χ2v) is 10.7. The first-order valence-corrected chi connectivity index (χ1v) is 14.6. The van der Waals surface area contributed by atoms with Crippen molar-refractivity contribution in [2.45, 2.75) is 57.7 Å². The van der Waals surface area contributed by atoms with Crippen LogP contribution in [-0.2, 0) is 28.4 Å². The molecule has 252 valence electrons. The van der Waals surface area contributed by atoms with E-state index < -0.39 is 54.3 Å². The molecule has 2 aliphatic heterocycles. The molecule has 11 nitrogen and oxygen atoms in total. The van der Waals surface area contributed by atoms with Gasteiger partial charge in [-0.1, -0.05) is 6.92 Å². The Morgan fingerprint density at radius 2 is 1.70 bits per heavy atom. The zero-order chi connectivity index (χ0) is 34.1. The number of anilines is 3. The largest absolute Gasteiger partial charge is 0.481 e. The van der Waals surface area contributed by atoms with Gasteiger partial charge in [-0.2, -0.15) is 26.3 Å². The number of cyclic esters (lactones) is 1. The van der Waals surface area contributed by atoms with E-state index in [1.807, 2.05) is 6.92 Å². The summed E-state index contributed by atoms with van der Waals surface area (Å²) in [6.07, 6.45) is -8.26. The van der Waals surface area contributed by atoms with Crippen LogP contribution in [0.1, 0.15) is 55.1 Å². The predicted octanol–water partition coefficient (Wildman–Crippen LogP) is 6.77. The Bertz CT molecular complexity index is 1590. The SMILES string of the molecule is CCOC(=O)N1c2ccc(OC)nc2C(N(Cc2cc(C(F)(F)F)cc(C(F)(F)F)c2)c2ncc(N3CCOC3=O)cn2)CC1CC. The zero-order valence-electron chi connectivity index (χ0n) is 25.4. The number of benzene rings is 1. The summed E-state index contributed by atoms with van der Waals surface area (Å²) in [7, 11) is 1.37. The molecule has 0 saturated carbocycles. The van der Waals surface area contributed by atoms with E-state index in [-0.39, 0.29) is 61.0 Å². The number of nitrogens with zero attached hydrogens (tertiary/aromatic N) is 6. The normalized spacial score (nSPS) is 18.1. The van der Waals surface area contributed by atoms with Crippen LogP contribution in [-0.4, -0.2) is 60.0 Å². The zero-order valence-corrected chi connectivity index (χ0v) is 25.4. The molecule has 2 unspecified atom stereocenters. The van der Waals surface area contributed by atoms with Gasteiger partial charge in [-0.3, -0.25) is 9.80 Å². The number of aromatic nitrogens is 3. The van der Waals surface area contributed by atoms with E-state index in [2.05, 4.69) is 15.0 Å². The minimum Gasteiger partial charge on any atom is -0.481 e. The third-order valence-corrected chi connectivity index (χ3v) is 7.79. The van der Waals surface area contributed by atoms with Crippen LogP contribution in [0.4, 0.5) is 53.3 Å². The summed E-state index contributed by atoms with van der Waals surface area (Å²) in [5.74, 6) is 0.0713. The molecule has 3 aromatic rings. The van der Waals surface area contributed by atoms with Gasteiger partial charge in [0.2, 0.25) is 11.8 Å². The Hall–Kier alpha value is -4.83.